The highest BCUT2D eigenvalue weighted by molar-refractivity contribution is 7.99. The minimum absolute atomic E-state index is 0.0775. The molecule has 0 radical (unpaired) electrons. The molecule has 5 rings (SSSR count). The number of hydrazone groups is 1. The predicted octanol–water partition coefficient (Wildman–Crippen LogP) is 4.76. The van der Waals surface area contributed by atoms with Crippen molar-refractivity contribution < 1.29 is 4.74 Å². The summed E-state index contributed by atoms with van der Waals surface area (Å²) in [7, 11) is 0. The van der Waals surface area contributed by atoms with E-state index < -0.39 is 5.60 Å². The zero-order valence-corrected chi connectivity index (χ0v) is 19.5. The number of hydrogen-bond acceptors (Lipinski definition) is 7. The summed E-state index contributed by atoms with van der Waals surface area (Å²) in [5, 5.41) is 9.62. The molecule has 3 aromatic rings. The smallest absolute Gasteiger partial charge is 0.137 e. The fraction of sp³-hybridized carbons (Fsp3) is 0.318. The number of ether oxygens (including phenoxy) is 1. The average Bonchev–Trinajstić information content (AvgIpc) is 3.56. The standard InChI is InChI=1S/C22H22Cl2N6OS/c23-16-5-6-18(19(24)9-16)22(11-30-13-25-12-28-30)8-7-17(31-22)10-32-21-4-2-1-3-20(21)29-14-26-27-15-29/h1-6,9,12-14,17,27H,7-8,10-11,15H2. The lowest BCUT2D eigenvalue weighted by Crippen LogP contribution is -2.33. The van der Waals surface area contributed by atoms with Crippen molar-refractivity contribution in [1.29, 1.82) is 0 Å². The maximum Gasteiger partial charge on any atom is 0.137 e. The molecule has 0 saturated carbocycles. The third-order valence-corrected chi connectivity index (χ3v) is 7.44. The molecule has 2 atom stereocenters. The number of rotatable bonds is 7. The second-order valence-corrected chi connectivity index (χ2v) is 9.70. The minimum atomic E-state index is -0.578. The van der Waals surface area contributed by atoms with Crippen LogP contribution in [0.4, 0.5) is 5.69 Å². The highest BCUT2D eigenvalue weighted by atomic mass is 35.5. The van der Waals surface area contributed by atoms with Crippen molar-refractivity contribution in [2.75, 3.05) is 17.3 Å². The van der Waals surface area contributed by atoms with Gasteiger partial charge in [-0.05, 0) is 37.1 Å². The van der Waals surface area contributed by atoms with Crippen molar-refractivity contribution in [2.24, 2.45) is 5.10 Å². The van der Waals surface area contributed by atoms with E-state index in [1.54, 1.807) is 28.8 Å². The van der Waals surface area contributed by atoms with Gasteiger partial charge in [-0.15, -0.1) is 11.8 Å². The summed E-state index contributed by atoms with van der Waals surface area (Å²) in [5.41, 5.74) is 4.48. The minimum Gasteiger partial charge on any atom is -0.364 e. The number of hydrogen-bond donors (Lipinski definition) is 1. The van der Waals surface area contributed by atoms with Gasteiger partial charge in [-0.1, -0.05) is 41.4 Å². The molecule has 7 nitrogen and oxygen atoms in total. The molecule has 2 aromatic carbocycles. The van der Waals surface area contributed by atoms with Crippen LogP contribution in [-0.4, -0.2) is 39.6 Å². The molecule has 2 aliphatic rings. The van der Waals surface area contributed by atoms with E-state index in [1.807, 2.05) is 24.5 Å². The lowest BCUT2D eigenvalue weighted by molar-refractivity contribution is -0.0507. The van der Waals surface area contributed by atoms with Crippen molar-refractivity contribution in [3.63, 3.8) is 0 Å². The number of anilines is 1. The first kappa shape index (κ1) is 21.6. The topological polar surface area (TPSA) is 67.6 Å². The molecule has 3 heterocycles. The zero-order chi connectivity index (χ0) is 22.0. The van der Waals surface area contributed by atoms with Crippen LogP contribution >= 0.6 is 35.0 Å². The molecule has 0 aliphatic carbocycles. The van der Waals surface area contributed by atoms with Crippen LogP contribution in [0.15, 0.2) is 65.1 Å². The van der Waals surface area contributed by atoms with Gasteiger partial charge in [0.15, 0.2) is 0 Å². The number of aromatic nitrogens is 3. The molecule has 1 N–H and O–H groups in total. The number of para-hydroxylation sites is 1. The molecule has 166 valence electrons. The van der Waals surface area contributed by atoms with Gasteiger partial charge in [0.05, 0.1) is 18.3 Å². The summed E-state index contributed by atoms with van der Waals surface area (Å²) in [6.07, 6.45) is 6.90. The molecule has 0 bridgehead atoms. The Morgan fingerprint density at radius 1 is 1.22 bits per heavy atom. The maximum absolute atomic E-state index is 6.73. The van der Waals surface area contributed by atoms with Gasteiger partial charge in [0, 0.05) is 26.3 Å². The molecule has 0 spiro atoms. The van der Waals surface area contributed by atoms with E-state index in [-0.39, 0.29) is 6.10 Å². The molecule has 2 unspecified atom stereocenters. The van der Waals surface area contributed by atoms with Crippen molar-refractivity contribution in [2.45, 2.75) is 36.0 Å². The predicted molar refractivity (Wildman–Crippen MR) is 128 cm³/mol. The van der Waals surface area contributed by atoms with E-state index in [2.05, 4.69) is 43.7 Å². The summed E-state index contributed by atoms with van der Waals surface area (Å²) in [4.78, 5) is 7.38. The van der Waals surface area contributed by atoms with Crippen LogP contribution in [0.3, 0.4) is 0 Å². The van der Waals surface area contributed by atoms with Crippen LogP contribution in [0.25, 0.3) is 0 Å². The fourth-order valence-corrected chi connectivity index (χ4v) is 5.89. The zero-order valence-electron chi connectivity index (χ0n) is 17.2. The Balaban J connectivity index is 1.35. The van der Waals surface area contributed by atoms with E-state index in [4.69, 9.17) is 27.9 Å². The first-order valence-electron chi connectivity index (χ1n) is 10.3. The van der Waals surface area contributed by atoms with E-state index in [0.717, 1.165) is 29.8 Å². The molecule has 10 heteroatoms. The van der Waals surface area contributed by atoms with Gasteiger partial charge in [0.2, 0.25) is 0 Å². The van der Waals surface area contributed by atoms with Crippen LogP contribution in [0.2, 0.25) is 10.0 Å². The Morgan fingerprint density at radius 3 is 2.91 bits per heavy atom. The number of benzene rings is 2. The highest BCUT2D eigenvalue weighted by Gasteiger charge is 2.43. The van der Waals surface area contributed by atoms with Crippen LogP contribution in [0.1, 0.15) is 18.4 Å². The Labute approximate surface area is 200 Å². The average molecular weight is 489 g/mol. The van der Waals surface area contributed by atoms with Crippen LogP contribution in [-0.2, 0) is 16.9 Å². The molecule has 0 amide bonds. The van der Waals surface area contributed by atoms with Crippen molar-refractivity contribution in [3.05, 3.63) is 70.7 Å². The Hall–Kier alpha value is -2.26. The summed E-state index contributed by atoms with van der Waals surface area (Å²) in [6, 6.07) is 14.0. The molecule has 2 aliphatic heterocycles. The van der Waals surface area contributed by atoms with Gasteiger partial charge in [-0.25, -0.2) is 9.67 Å². The highest BCUT2D eigenvalue weighted by Crippen LogP contribution is 2.45. The van der Waals surface area contributed by atoms with Crippen molar-refractivity contribution in [3.8, 4) is 0 Å². The van der Waals surface area contributed by atoms with Gasteiger partial charge in [0.1, 0.15) is 31.3 Å². The first-order valence-corrected chi connectivity index (χ1v) is 12.1. The Bertz CT molecular complexity index is 1110. The second-order valence-electron chi connectivity index (χ2n) is 7.80. The van der Waals surface area contributed by atoms with Gasteiger partial charge < -0.3 is 9.64 Å². The molecule has 1 fully saturated rings. The van der Waals surface area contributed by atoms with E-state index >= 15 is 0 Å². The molecular formula is C22H22Cl2N6OS. The van der Waals surface area contributed by atoms with Crippen LogP contribution in [0.5, 0.6) is 0 Å². The number of nitrogens with one attached hydrogen (secondary N) is 1. The van der Waals surface area contributed by atoms with E-state index in [9.17, 15) is 0 Å². The summed E-state index contributed by atoms with van der Waals surface area (Å²) < 4.78 is 8.53. The normalized spacial score (nSPS) is 22.4. The third kappa shape index (κ3) is 4.45. The van der Waals surface area contributed by atoms with E-state index in [1.165, 1.54) is 11.2 Å². The quantitative estimate of drug-likeness (QED) is 0.483. The maximum atomic E-state index is 6.73. The monoisotopic (exact) mass is 488 g/mol. The molecule has 32 heavy (non-hydrogen) atoms. The Kier molecular flexibility index (Phi) is 6.28. The number of thioether (sulfide) groups is 1. The summed E-state index contributed by atoms with van der Waals surface area (Å²) >= 11 is 14.6. The van der Waals surface area contributed by atoms with Crippen molar-refractivity contribution in [1.82, 2.24) is 20.2 Å². The lowest BCUT2D eigenvalue weighted by atomic mass is 9.90. The largest absolute Gasteiger partial charge is 0.364 e. The van der Waals surface area contributed by atoms with Gasteiger partial charge >= 0.3 is 0 Å². The second kappa shape index (κ2) is 9.31. The van der Waals surface area contributed by atoms with Crippen molar-refractivity contribution >= 4 is 47.0 Å². The fourth-order valence-electron chi connectivity index (χ4n) is 4.20. The number of nitrogens with zero attached hydrogens (tertiary/aromatic N) is 5. The molecule has 1 aromatic heterocycles. The molecular weight excluding hydrogens is 467 g/mol. The third-order valence-electron chi connectivity index (χ3n) is 5.70. The van der Waals surface area contributed by atoms with E-state index in [0.29, 0.717) is 23.3 Å². The SMILES string of the molecule is Clc1ccc(C2(Cn3cncn3)CCC(CSc3ccccc3N3C=NNC3)O2)c(Cl)c1. The lowest BCUT2D eigenvalue weighted by Gasteiger charge is -2.31. The summed E-state index contributed by atoms with van der Waals surface area (Å²) in [5.74, 6) is 0.833. The van der Waals surface area contributed by atoms with Crippen LogP contribution < -0.4 is 10.3 Å². The van der Waals surface area contributed by atoms with Gasteiger partial charge in [-0.3, -0.25) is 5.43 Å². The number of halogens is 2. The first-order chi connectivity index (χ1) is 15.6. The Morgan fingerprint density at radius 2 is 2.12 bits per heavy atom. The van der Waals surface area contributed by atoms with Gasteiger partial charge in [0.25, 0.3) is 0 Å². The van der Waals surface area contributed by atoms with Gasteiger partial charge in [-0.2, -0.15) is 10.2 Å². The molecule has 1 saturated heterocycles. The summed E-state index contributed by atoms with van der Waals surface area (Å²) in [6.45, 7) is 1.22. The van der Waals surface area contributed by atoms with Crippen LogP contribution in [0, 0.1) is 0 Å².